The van der Waals surface area contributed by atoms with Gasteiger partial charge in [0.05, 0.1) is 0 Å². The molecule has 0 saturated heterocycles. The van der Waals surface area contributed by atoms with Crippen LogP contribution < -0.4 is 4.90 Å². The number of carbonyl (C=O) groups is 2. The van der Waals surface area contributed by atoms with E-state index in [0.29, 0.717) is 28.9 Å². The molecule has 1 aromatic rings. The number of halogens is 2. The number of nitrogens with zero attached hydrogens (tertiary/aromatic N) is 2. The Morgan fingerprint density at radius 2 is 1.75 bits per heavy atom. The molecule has 2 aliphatic rings. The lowest BCUT2D eigenvalue weighted by molar-refractivity contribution is -0.120. The van der Waals surface area contributed by atoms with Crippen molar-refractivity contribution in [2.75, 3.05) is 4.90 Å². The van der Waals surface area contributed by atoms with E-state index >= 15 is 0 Å². The Labute approximate surface area is 118 Å². The lowest BCUT2D eigenvalue weighted by atomic mass is 9.93. The molecule has 5 nitrogen and oxygen atoms in total. The fourth-order valence-corrected chi connectivity index (χ4v) is 2.67. The van der Waals surface area contributed by atoms with E-state index in [2.05, 4.69) is 4.98 Å². The van der Waals surface area contributed by atoms with E-state index in [-0.39, 0.29) is 5.15 Å². The van der Waals surface area contributed by atoms with E-state index in [1.165, 1.54) is 0 Å². The third-order valence-electron chi connectivity index (χ3n) is 3.49. The molecule has 1 aromatic heterocycles. The van der Waals surface area contributed by atoms with Gasteiger partial charge < -0.3 is 5.11 Å². The van der Waals surface area contributed by atoms with Gasteiger partial charge in [-0.05, 0) is 25.7 Å². The van der Waals surface area contributed by atoms with Crippen molar-refractivity contribution < 1.29 is 19.1 Å². The van der Waals surface area contributed by atoms with Crippen LogP contribution in [0.4, 0.5) is 10.2 Å². The fraction of sp³-hybridized carbons (Fsp3) is 0.308. The first-order valence-corrected chi connectivity index (χ1v) is 6.54. The Hall–Kier alpha value is -1.95. The van der Waals surface area contributed by atoms with Crippen molar-refractivity contribution in [1.29, 1.82) is 0 Å². The summed E-state index contributed by atoms with van der Waals surface area (Å²) in [5.74, 6) is -3.05. The molecule has 0 radical (unpaired) electrons. The molecule has 0 spiro atoms. The standard InChI is InChI=1S/C13H10ClFN2O3/c14-10-9(18)5-8(15)11(16-10)17-12(19)6-3-1-2-4-7(6)13(17)20/h5,18H,1-4H2. The van der Waals surface area contributed by atoms with Gasteiger partial charge in [0.1, 0.15) is 0 Å². The van der Waals surface area contributed by atoms with Gasteiger partial charge >= 0.3 is 0 Å². The number of hydrogen-bond acceptors (Lipinski definition) is 4. The minimum atomic E-state index is -0.964. The highest BCUT2D eigenvalue weighted by molar-refractivity contribution is 6.33. The van der Waals surface area contributed by atoms with Gasteiger partial charge in [0, 0.05) is 17.2 Å². The summed E-state index contributed by atoms with van der Waals surface area (Å²) in [6.45, 7) is 0. The zero-order chi connectivity index (χ0) is 14.4. The fourth-order valence-electron chi connectivity index (χ4n) is 2.54. The van der Waals surface area contributed by atoms with Crippen LogP contribution in [0.3, 0.4) is 0 Å². The van der Waals surface area contributed by atoms with Crippen molar-refractivity contribution in [3.05, 3.63) is 28.2 Å². The second kappa shape index (κ2) is 4.56. The zero-order valence-electron chi connectivity index (χ0n) is 10.3. The van der Waals surface area contributed by atoms with Crippen LogP contribution in [0, 0.1) is 5.82 Å². The van der Waals surface area contributed by atoms with E-state index < -0.39 is 29.2 Å². The van der Waals surface area contributed by atoms with Crippen LogP contribution in [-0.2, 0) is 9.59 Å². The summed E-state index contributed by atoms with van der Waals surface area (Å²) in [6.07, 6.45) is 2.70. The van der Waals surface area contributed by atoms with E-state index in [1.54, 1.807) is 0 Å². The number of amides is 2. The van der Waals surface area contributed by atoms with Gasteiger partial charge in [-0.3, -0.25) is 9.59 Å². The maximum atomic E-state index is 13.9. The van der Waals surface area contributed by atoms with E-state index in [0.717, 1.165) is 18.9 Å². The first kappa shape index (κ1) is 13.1. The van der Waals surface area contributed by atoms with Gasteiger partial charge in [0.2, 0.25) is 0 Å². The molecular weight excluding hydrogens is 287 g/mol. The summed E-state index contributed by atoms with van der Waals surface area (Å²) in [5.41, 5.74) is 0.873. The third-order valence-corrected chi connectivity index (χ3v) is 3.77. The van der Waals surface area contributed by atoms with Crippen LogP contribution in [0.15, 0.2) is 17.2 Å². The summed E-state index contributed by atoms with van der Waals surface area (Å²) in [4.78, 5) is 28.8. The van der Waals surface area contributed by atoms with Crippen molar-refractivity contribution >= 4 is 29.2 Å². The maximum absolute atomic E-state index is 13.9. The molecular formula is C13H10ClFN2O3. The molecule has 1 aliphatic carbocycles. The lowest BCUT2D eigenvalue weighted by Gasteiger charge is -2.15. The second-order valence-corrected chi connectivity index (χ2v) is 5.07. The van der Waals surface area contributed by atoms with Crippen LogP contribution in [0.2, 0.25) is 5.15 Å². The minimum Gasteiger partial charge on any atom is -0.505 e. The highest BCUT2D eigenvalue weighted by Gasteiger charge is 2.41. The van der Waals surface area contributed by atoms with Crippen molar-refractivity contribution in [1.82, 2.24) is 4.98 Å². The Balaban J connectivity index is 2.07. The maximum Gasteiger partial charge on any atom is 0.263 e. The first-order chi connectivity index (χ1) is 9.50. The van der Waals surface area contributed by atoms with Gasteiger partial charge in [0.25, 0.3) is 11.8 Å². The molecule has 7 heteroatoms. The molecule has 0 aromatic carbocycles. The van der Waals surface area contributed by atoms with Gasteiger partial charge in [0.15, 0.2) is 22.5 Å². The van der Waals surface area contributed by atoms with E-state index in [4.69, 9.17) is 11.6 Å². The number of hydrogen-bond donors (Lipinski definition) is 1. The Kier molecular flexibility index (Phi) is 2.97. The van der Waals surface area contributed by atoms with Crippen molar-refractivity contribution in [2.24, 2.45) is 0 Å². The average molecular weight is 297 g/mol. The van der Waals surface area contributed by atoms with Gasteiger partial charge in [-0.2, -0.15) is 0 Å². The molecule has 0 bridgehead atoms. The first-order valence-electron chi connectivity index (χ1n) is 6.16. The number of aromatic hydroxyl groups is 1. The quantitative estimate of drug-likeness (QED) is 0.638. The van der Waals surface area contributed by atoms with Crippen molar-refractivity contribution in [2.45, 2.75) is 25.7 Å². The number of pyridine rings is 1. The molecule has 1 N–H and O–H groups in total. The minimum absolute atomic E-state index is 0.355. The molecule has 0 saturated carbocycles. The van der Waals surface area contributed by atoms with Gasteiger partial charge in [-0.1, -0.05) is 11.6 Å². The Morgan fingerprint density at radius 3 is 2.30 bits per heavy atom. The topological polar surface area (TPSA) is 70.5 Å². The van der Waals surface area contributed by atoms with E-state index in [1.807, 2.05) is 0 Å². The molecule has 20 heavy (non-hydrogen) atoms. The number of carbonyl (C=O) groups excluding carboxylic acids is 2. The van der Waals surface area contributed by atoms with E-state index in [9.17, 15) is 19.1 Å². The molecule has 1 aliphatic heterocycles. The molecule has 0 fully saturated rings. The Bertz CT molecular complexity index is 644. The van der Waals surface area contributed by atoms with Crippen LogP contribution in [0.1, 0.15) is 25.7 Å². The molecule has 2 heterocycles. The Morgan fingerprint density at radius 1 is 1.20 bits per heavy atom. The summed E-state index contributed by atoms with van der Waals surface area (Å²) in [7, 11) is 0. The van der Waals surface area contributed by atoms with Crippen LogP contribution in [0.25, 0.3) is 0 Å². The van der Waals surface area contributed by atoms with Gasteiger partial charge in [-0.15, -0.1) is 0 Å². The largest absolute Gasteiger partial charge is 0.505 e. The monoisotopic (exact) mass is 296 g/mol. The molecule has 104 valence electrons. The second-order valence-electron chi connectivity index (χ2n) is 4.71. The molecule has 2 amide bonds. The van der Waals surface area contributed by atoms with Crippen molar-refractivity contribution in [3.8, 4) is 5.75 Å². The predicted molar refractivity (Wildman–Crippen MR) is 68.9 cm³/mol. The molecule has 0 unspecified atom stereocenters. The SMILES string of the molecule is O=C1C2=C(CCCC2)C(=O)N1c1nc(Cl)c(O)cc1F. The predicted octanol–water partition coefficient (Wildman–Crippen LogP) is 2.32. The van der Waals surface area contributed by atoms with Gasteiger partial charge in [-0.25, -0.2) is 14.3 Å². The normalized spacial score (nSPS) is 18.8. The summed E-state index contributed by atoms with van der Waals surface area (Å²) < 4.78 is 13.9. The molecule has 0 atom stereocenters. The average Bonchev–Trinajstić information content (AvgIpc) is 2.68. The smallest absolute Gasteiger partial charge is 0.263 e. The zero-order valence-corrected chi connectivity index (χ0v) is 11.1. The summed E-state index contributed by atoms with van der Waals surface area (Å²) in [5, 5.41) is 8.92. The van der Waals surface area contributed by atoms with Crippen molar-refractivity contribution in [3.63, 3.8) is 0 Å². The summed E-state index contributed by atoms with van der Waals surface area (Å²) >= 11 is 5.62. The van der Waals surface area contributed by atoms with Crippen LogP contribution in [0.5, 0.6) is 5.75 Å². The molecule has 3 rings (SSSR count). The number of rotatable bonds is 1. The number of anilines is 1. The lowest BCUT2D eigenvalue weighted by Crippen LogP contribution is -2.33. The van der Waals surface area contributed by atoms with Crippen LogP contribution in [-0.4, -0.2) is 21.9 Å². The van der Waals surface area contributed by atoms with Crippen LogP contribution >= 0.6 is 11.6 Å². The third kappa shape index (κ3) is 1.79. The summed E-state index contributed by atoms with van der Waals surface area (Å²) in [6, 6.07) is 0.739. The highest BCUT2D eigenvalue weighted by Crippen LogP contribution is 2.37. The highest BCUT2D eigenvalue weighted by atomic mass is 35.5. The number of aromatic nitrogens is 1. The number of imide groups is 1.